The zero-order valence-electron chi connectivity index (χ0n) is 15.8. The molecule has 0 aliphatic heterocycles. The van der Waals surface area contributed by atoms with Gasteiger partial charge in [-0.3, -0.25) is 4.79 Å². The van der Waals surface area contributed by atoms with E-state index < -0.39 is 0 Å². The normalized spacial score (nSPS) is 14.2. The topological polar surface area (TPSA) is 85.8 Å². The monoisotopic (exact) mass is 373 g/mol. The van der Waals surface area contributed by atoms with Crippen LogP contribution < -0.4 is 11.2 Å². The lowest BCUT2D eigenvalue weighted by molar-refractivity contribution is -0.113. The number of para-hydroxylation sites is 1. The fraction of sp³-hybridized carbons (Fsp3) is 0.526. The number of anilines is 1. The molecule has 1 amide bonds. The Morgan fingerprint density at radius 3 is 2.38 bits per heavy atom. The number of nitrogens with zero attached hydrogens (tertiary/aromatic N) is 3. The van der Waals surface area contributed by atoms with Crippen molar-refractivity contribution in [2.45, 2.75) is 63.4 Å². The number of hydrogen-bond acceptors (Lipinski definition) is 5. The average molecular weight is 374 g/mol. The third-order valence-corrected chi connectivity index (χ3v) is 5.55. The third-order valence-electron chi connectivity index (χ3n) is 4.60. The number of benzene rings is 1. The van der Waals surface area contributed by atoms with Gasteiger partial charge in [-0.15, -0.1) is 10.2 Å². The van der Waals surface area contributed by atoms with Crippen molar-refractivity contribution in [2.75, 3.05) is 16.9 Å². The third kappa shape index (κ3) is 4.03. The van der Waals surface area contributed by atoms with E-state index in [1.54, 1.807) is 0 Å². The fourth-order valence-electron chi connectivity index (χ4n) is 3.01. The molecular formula is C19H27N5OS. The zero-order valence-corrected chi connectivity index (χ0v) is 16.6. The van der Waals surface area contributed by atoms with Crippen LogP contribution >= 0.6 is 11.8 Å². The van der Waals surface area contributed by atoms with Crippen molar-refractivity contribution in [1.29, 1.82) is 0 Å². The Kier molecular flexibility index (Phi) is 5.55. The number of aromatic nitrogens is 3. The SMILES string of the molecule is CC(C)c1cccc(C(C)C)c1NC(=O)CSc1nnc(C2CC2)n1N. The number of nitrogens with one attached hydrogen (secondary N) is 1. The van der Waals surface area contributed by atoms with Crippen molar-refractivity contribution in [2.24, 2.45) is 0 Å². The number of nitrogens with two attached hydrogens (primary N) is 1. The van der Waals surface area contributed by atoms with Gasteiger partial charge in [0.2, 0.25) is 11.1 Å². The summed E-state index contributed by atoms with van der Waals surface area (Å²) in [7, 11) is 0. The molecule has 1 aliphatic carbocycles. The molecule has 0 saturated heterocycles. The summed E-state index contributed by atoms with van der Waals surface area (Å²) >= 11 is 1.32. The molecule has 1 aromatic carbocycles. The van der Waals surface area contributed by atoms with E-state index in [-0.39, 0.29) is 11.7 Å². The second-order valence-electron chi connectivity index (χ2n) is 7.44. The molecule has 1 aliphatic rings. The maximum absolute atomic E-state index is 12.6. The van der Waals surface area contributed by atoms with E-state index in [2.05, 4.69) is 61.4 Å². The zero-order chi connectivity index (χ0) is 18.8. The molecule has 1 aromatic heterocycles. The fourth-order valence-corrected chi connectivity index (χ4v) is 3.67. The summed E-state index contributed by atoms with van der Waals surface area (Å²) in [6.07, 6.45) is 2.23. The van der Waals surface area contributed by atoms with Crippen molar-refractivity contribution < 1.29 is 4.79 Å². The van der Waals surface area contributed by atoms with E-state index in [0.29, 0.717) is 22.9 Å². The molecule has 3 N–H and O–H groups in total. The van der Waals surface area contributed by atoms with Gasteiger partial charge in [-0.2, -0.15) is 0 Å². The summed E-state index contributed by atoms with van der Waals surface area (Å²) < 4.78 is 1.53. The highest BCUT2D eigenvalue weighted by Crippen LogP contribution is 2.39. The summed E-state index contributed by atoms with van der Waals surface area (Å²) in [5, 5.41) is 12.0. The highest BCUT2D eigenvalue weighted by Gasteiger charge is 2.30. The van der Waals surface area contributed by atoms with E-state index in [0.717, 1.165) is 35.5 Å². The van der Waals surface area contributed by atoms with Crippen LogP contribution in [0.25, 0.3) is 0 Å². The Balaban J connectivity index is 1.70. The van der Waals surface area contributed by atoms with Crippen molar-refractivity contribution in [3.05, 3.63) is 35.2 Å². The molecule has 0 atom stereocenters. The lowest BCUT2D eigenvalue weighted by Crippen LogP contribution is -2.19. The van der Waals surface area contributed by atoms with Gasteiger partial charge in [-0.05, 0) is 35.8 Å². The first-order valence-electron chi connectivity index (χ1n) is 9.14. The molecule has 3 rings (SSSR count). The second kappa shape index (κ2) is 7.70. The molecule has 0 spiro atoms. The van der Waals surface area contributed by atoms with Crippen LogP contribution in [-0.4, -0.2) is 26.5 Å². The summed E-state index contributed by atoms with van der Waals surface area (Å²) in [4.78, 5) is 12.6. The van der Waals surface area contributed by atoms with Crippen LogP contribution in [0.4, 0.5) is 5.69 Å². The van der Waals surface area contributed by atoms with Crippen LogP contribution in [-0.2, 0) is 4.79 Å². The second-order valence-corrected chi connectivity index (χ2v) is 8.39. The summed E-state index contributed by atoms with van der Waals surface area (Å²) in [6, 6.07) is 6.22. The molecule has 26 heavy (non-hydrogen) atoms. The van der Waals surface area contributed by atoms with E-state index in [4.69, 9.17) is 5.84 Å². The van der Waals surface area contributed by atoms with E-state index >= 15 is 0 Å². The van der Waals surface area contributed by atoms with Crippen molar-refractivity contribution in [1.82, 2.24) is 14.9 Å². The Bertz CT molecular complexity index is 769. The van der Waals surface area contributed by atoms with Crippen LogP contribution in [0.3, 0.4) is 0 Å². The van der Waals surface area contributed by atoms with Gasteiger partial charge < -0.3 is 11.2 Å². The Morgan fingerprint density at radius 1 is 1.23 bits per heavy atom. The van der Waals surface area contributed by atoms with Gasteiger partial charge in [0.15, 0.2) is 5.82 Å². The minimum absolute atomic E-state index is 0.0547. The Labute approximate surface area is 158 Å². The number of hydrogen-bond donors (Lipinski definition) is 2. The number of amides is 1. The molecule has 0 bridgehead atoms. The summed E-state index contributed by atoms with van der Waals surface area (Å²) in [5.74, 6) is 8.18. The minimum Gasteiger partial charge on any atom is -0.336 e. The van der Waals surface area contributed by atoms with Gasteiger partial charge in [0.25, 0.3) is 0 Å². The number of thioether (sulfide) groups is 1. The number of carbonyl (C=O) groups excluding carboxylic acids is 1. The van der Waals surface area contributed by atoms with E-state index in [1.807, 2.05) is 0 Å². The molecule has 1 fully saturated rings. The van der Waals surface area contributed by atoms with Gasteiger partial charge in [0, 0.05) is 11.6 Å². The van der Waals surface area contributed by atoms with E-state index in [9.17, 15) is 4.79 Å². The molecule has 140 valence electrons. The molecule has 1 saturated carbocycles. The lowest BCUT2D eigenvalue weighted by atomic mass is 9.92. The quantitative estimate of drug-likeness (QED) is 0.569. The molecular weight excluding hydrogens is 346 g/mol. The molecule has 7 heteroatoms. The van der Waals surface area contributed by atoms with Crippen molar-refractivity contribution in [3.63, 3.8) is 0 Å². The van der Waals surface area contributed by atoms with Gasteiger partial charge >= 0.3 is 0 Å². The predicted octanol–water partition coefficient (Wildman–Crippen LogP) is 3.85. The van der Waals surface area contributed by atoms with Gasteiger partial charge in [0.05, 0.1) is 5.75 Å². The van der Waals surface area contributed by atoms with Crippen LogP contribution in [0.1, 0.15) is 75.2 Å². The molecule has 6 nitrogen and oxygen atoms in total. The lowest BCUT2D eigenvalue weighted by Gasteiger charge is -2.20. The largest absolute Gasteiger partial charge is 0.336 e. The standard InChI is InChI=1S/C19H27N5OS/c1-11(2)14-6-5-7-15(12(3)4)17(14)21-16(25)10-26-19-23-22-18(24(19)20)13-8-9-13/h5-7,11-13H,8-10,20H2,1-4H3,(H,21,25). The highest BCUT2D eigenvalue weighted by atomic mass is 32.2. The maximum Gasteiger partial charge on any atom is 0.234 e. The summed E-state index contributed by atoms with van der Waals surface area (Å²) in [6.45, 7) is 8.56. The van der Waals surface area contributed by atoms with Crippen LogP contribution in [0.2, 0.25) is 0 Å². The first-order valence-corrected chi connectivity index (χ1v) is 10.1. The molecule has 2 aromatic rings. The van der Waals surface area contributed by atoms with Gasteiger partial charge in [-0.1, -0.05) is 57.7 Å². The molecule has 0 radical (unpaired) electrons. The predicted molar refractivity (Wildman–Crippen MR) is 106 cm³/mol. The molecule has 1 heterocycles. The van der Waals surface area contributed by atoms with Gasteiger partial charge in [0.1, 0.15) is 0 Å². The first kappa shape index (κ1) is 18.8. The Morgan fingerprint density at radius 2 is 1.85 bits per heavy atom. The average Bonchev–Trinajstić information content (AvgIpc) is 3.36. The van der Waals surface area contributed by atoms with Crippen LogP contribution in [0.5, 0.6) is 0 Å². The number of rotatable bonds is 7. The van der Waals surface area contributed by atoms with Crippen LogP contribution in [0, 0.1) is 0 Å². The first-order chi connectivity index (χ1) is 12.4. The number of nitrogen functional groups attached to an aromatic ring is 1. The smallest absolute Gasteiger partial charge is 0.234 e. The highest BCUT2D eigenvalue weighted by molar-refractivity contribution is 7.99. The van der Waals surface area contributed by atoms with E-state index in [1.165, 1.54) is 16.4 Å². The van der Waals surface area contributed by atoms with Crippen molar-refractivity contribution >= 4 is 23.4 Å². The number of carbonyl (C=O) groups is 1. The minimum atomic E-state index is -0.0547. The van der Waals surface area contributed by atoms with Crippen molar-refractivity contribution in [3.8, 4) is 0 Å². The Hall–Kier alpha value is -2.02. The summed E-state index contributed by atoms with van der Waals surface area (Å²) in [5.41, 5.74) is 3.26. The van der Waals surface area contributed by atoms with Crippen LogP contribution in [0.15, 0.2) is 23.4 Å². The molecule has 0 unspecified atom stereocenters. The van der Waals surface area contributed by atoms with Gasteiger partial charge in [-0.25, -0.2) is 4.68 Å². The maximum atomic E-state index is 12.6.